The number of amides is 2. The summed E-state index contributed by atoms with van der Waals surface area (Å²) in [7, 11) is 0. The Balaban J connectivity index is 2.25. The molecule has 14 heteroatoms. The van der Waals surface area contributed by atoms with Gasteiger partial charge in [-0.3, -0.25) is 9.59 Å². The normalized spacial score (nSPS) is 13.3. The topological polar surface area (TPSA) is 100 Å². The number of thiol groups is 1. The van der Waals surface area contributed by atoms with Gasteiger partial charge in [0.25, 0.3) is 11.8 Å². The van der Waals surface area contributed by atoms with Crippen molar-refractivity contribution < 1.29 is 45.4 Å². The standard InChI is InChI=1S/C20H15F6N3O4S/c1-18(17(31)29-34,10-32-15-7-2-11(9-27)8-14(15)19(21,22)23)28-16(30)12-3-5-13(6-4-12)33-20(24,25)26/h2-8,34H,10H2,1H3,(H,28,30)(H,29,31). The molecule has 0 aliphatic heterocycles. The molecule has 0 spiro atoms. The second-order valence-corrected chi connectivity index (χ2v) is 7.13. The van der Waals surface area contributed by atoms with Gasteiger partial charge in [0.05, 0.1) is 17.2 Å². The van der Waals surface area contributed by atoms with Gasteiger partial charge in [-0.1, -0.05) is 12.8 Å². The van der Waals surface area contributed by atoms with Crippen molar-refractivity contribution in [3.05, 3.63) is 59.2 Å². The van der Waals surface area contributed by atoms with Gasteiger partial charge in [0.1, 0.15) is 18.1 Å². The lowest BCUT2D eigenvalue weighted by Gasteiger charge is -2.29. The first-order chi connectivity index (χ1) is 15.7. The molecule has 2 N–H and O–H groups in total. The molecule has 0 aliphatic carbocycles. The first-order valence-electron chi connectivity index (χ1n) is 9.05. The Morgan fingerprint density at radius 2 is 1.68 bits per heavy atom. The predicted octanol–water partition coefficient (Wildman–Crippen LogP) is 4.00. The average molecular weight is 507 g/mol. The number of benzene rings is 2. The predicted molar refractivity (Wildman–Crippen MR) is 108 cm³/mol. The van der Waals surface area contributed by atoms with Crippen molar-refractivity contribution in [1.29, 1.82) is 5.26 Å². The Morgan fingerprint density at radius 1 is 1.06 bits per heavy atom. The minimum Gasteiger partial charge on any atom is -0.490 e. The van der Waals surface area contributed by atoms with Crippen LogP contribution in [0.2, 0.25) is 0 Å². The van der Waals surface area contributed by atoms with E-state index in [9.17, 15) is 35.9 Å². The first-order valence-corrected chi connectivity index (χ1v) is 9.50. The zero-order chi connectivity index (χ0) is 25.7. The van der Waals surface area contributed by atoms with Crippen LogP contribution in [0.15, 0.2) is 42.5 Å². The summed E-state index contributed by atoms with van der Waals surface area (Å²) in [5.41, 5.74) is -3.69. The van der Waals surface area contributed by atoms with Gasteiger partial charge in [0, 0.05) is 5.56 Å². The SMILES string of the molecule is CC(COc1ccc(C#N)cc1C(F)(F)F)(NC(=O)c1ccc(OC(F)(F)F)cc1)C(=O)NS. The highest BCUT2D eigenvalue weighted by atomic mass is 32.1. The fraction of sp³-hybridized carbons (Fsp3) is 0.250. The molecule has 0 heterocycles. The molecule has 7 nitrogen and oxygen atoms in total. The molecule has 0 fully saturated rings. The lowest BCUT2D eigenvalue weighted by atomic mass is 10.0. The van der Waals surface area contributed by atoms with Crippen LogP contribution < -0.4 is 19.5 Å². The minimum absolute atomic E-state index is 0.179. The van der Waals surface area contributed by atoms with Crippen LogP contribution in [0.1, 0.15) is 28.4 Å². The van der Waals surface area contributed by atoms with Crippen LogP contribution in [0.5, 0.6) is 11.5 Å². The van der Waals surface area contributed by atoms with Gasteiger partial charge in [-0.05, 0) is 49.4 Å². The lowest BCUT2D eigenvalue weighted by molar-refractivity contribution is -0.274. The Bertz CT molecular complexity index is 1100. The van der Waals surface area contributed by atoms with Crippen molar-refractivity contribution in [1.82, 2.24) is 10.0 Å². The van der Waals surface area contributed by atoms with Crippen molar-refractivity contribution in [2.24, 2.45) is 0 Å². The molecular weight excluding hydrogens is 492 g/mol. The summed E-state index contributed by atoms with van der Waals surface area (Å²) in [6.45, 7) is 0.337. The number of hydrogen-bond donors (Lipinski definition) is 3. The second-order valence-electron chi connectivity index (χ2n) is 6.91. The fourth-order valence-electron chi connectivity index (χ4n) is 2.58. The summed E-state index contributed by atoms with van der Waals surface area (Å²) < 4.78 is 87.7. The molecule has 1 unspecified atom stereocenters. The van der Waals surface area contributed by atoms with Crippen LogP contribution in [0.25, 0.3) is 0 Å². The smallest absolute Gasteiger partial charge is 0.490 e. The van der Waals surface area contributed by atoms with E-state index in [0.717, 1.165) is 43.3 Å². The Labute approximate surface area is 194 Å². The summed E-state index contributed by atoms with van der Waals surface area (Å²) in [6, 6.07) is 7.79. The molecule has 0 saturated heterocycles. The van der Waals surface area contributed by atoms with Gasteiger partial charge >= 0.3 is 12.5 Å². The van der Waals surface area contributed by atoms with Gasteiger partial charge in [-0.15, -0.1) is 13.2 Å². The highest BCUT2D eigenvalue weighted by Gasteiger charge is 2.39. The highest BCUT2D eigenvalue weighted by molar-refractivity contribution is 7.78. The van der Waals surface area contributed by atoms with Crippen LogP contribution in [0.4, 0.5) is 26.3 Å². The van der Waals surface area contributed by atoms with Crippen LogP contribution in [0.3, 0.4) is 0 Å². The van der Waals surface area contributed by atoms with Gasteiger partial charge in [-0.25, -0.2) is 0 Å². The van der Waals surface area contributed by atoms with E-state index in [1.165, 1.54) is 0 Å². The van der Waals surface area contributed by atoms with E-state index < -0.39 is 53.6 Å². The minimum atomic E-state index is -4.94. The molecule has 34 heavy (non-hydrogen) atoms. The van der Waals surface area contributed by atoms with Crippen LogP contribution in [-0.2, 0) is 11.0 Å². The number of alkyl halides is 6. The molecule has 2 aromatic rings. The summed E-state index contributed by atoms with van der Waals surface area (Å²) in [6.07, 6.45) is -9.82. The molecule has 0 aromatic heterocycles. The number of nitriles is 1. The van der Waals surface area contributed by atoms with E-state index in [1.807, 2.05) is 4.72 Å². The number of ether oxygens (including phenoxy) is 2. The quantitative estimate of drug-likeness (QED) is 0.389. The third-order valence-electron chi connectivity index (χ3n) is 4.27. The maximum atomic E-state index is 13.3. The van der Waals surface area contributed by atoms with Crippen molar-refractivity contribution in [2.45, 2.75) is 25.0 Å². The zero-order valence-corrected chi connectivity index (χ0v) is 17.9. The molecular formula is C20H15F6N3O4S. The molecule has 0 bridgehead atoms. The number of hydrogen-bond acceptors (Lipinski definition) is 6. The van der Waals surface area contributed by atoms with E-state index in [1.54, 1.807) is 6.07 Å². The number of carbonyl (C=O) groups is 2. The highest BCUT2D eigenvalue weighted by Crippen LogP contribution is 2.37. The van der Waals surface area contributed by atoms with E-state index in [2.05, 4.69) is 22.9 Å². The molecule has 1 atom stereocenters. The fourth-order valence-corrected chi connectivity index (χ4v) is 2.83. The molecule has 182 valence electrons. The van der Waals surface area contributed by atoms with E-state index in [-0.39, 0.29) is 11.1 Å². The van der Waals surface area contributed by atoms with Crippen LogP contribution in [-0.4, -0.2) is 30.3 Å². The number of carbonyl (C=O) groups excluding carboxylic acids is 2. The zero-order valence-electron chi connectivity index (χ0n) is 17.0. The maximum absolute atomic E-state index is 13.3. The van der Waals surface area contributed by atoms with Crippen LogP contribution in [0, 0.1) is 11.3 Å². The number of halogens is 6. The number of nitrogens with zero attached hydrogens (tertiary/aromatic N) is 1. The van der Waals surface area contributed by atoms with Crippen LogP contribution >= 0.6 is 12.8 Å². The summed E-state index contributed by atoms with van der Waals surface area (Å²) in [4.78, 5) is 24.9. The van der Waals surface area contributed by atoms with Crippen molar-refractivity contribution >= 4 is 24.6 Å². The van der Waals surface area contributed by atoms with Gasteiger partial charge < -0.3 is 19.5 Å². The third-order valence-corrected chi connectivity index (χ3v) is 4.48. The lowest BCUT2D eigenvalue weighted by Crippen LogP contribution is -2.59. The summed E-state index contributed by atoms with van der Waals surface area (Å²) >= 11 is 3.60. The Kier molecular flexibility index (Phi) is 7.93. The number of nitrogens with one attached hydrogen (secondary N) is 2. The molecule has 0 radical (unpaired) electrons. The molecule has 2 amide bonds. The molecule has 2 aromatic carbocycles. The third kappa shape index (κ3) is 6.95. The Morgan fingerprint density at radius 3 is 2.18 bits per heavy atom. The molecule has 0 saturated carbocycles. The largest absolute Gasteiger partial charge is 0.573 e. The maximum Gasteiger partial charge on any atom is 0.573 e. The van der Waals surface area contributed by atoms with E-state index in [4.69, 9.17) is 10.00 Å². The van der Waals surface area contributed by atoms with Crippen molar-refractivity contribution in [3.8, 4) is 17.6 Å². The van der Waals surface area contributed by atoms with Gasteiger partial charge in [-0.2, -0.15) is 18.4 Å². The first kappa shape index (κ1) is 26.7. The number of rotatable bonds is 7. The second kappa shape index (κ2) is 10.1. The van der Waals surface area contributed by atoms with E-state index in [0.29, 0.717) is 6.07 Å². The molecule has 2 rings (SSSR count). The van der Waals surface area contributed by atoms with E-state index >= 15 is 0 Å². The van der Waals surface area contributed by atoms with Gasteiger partial charge in [0.15, 0.2) is 5.54 Å². The Hall–Kier alpha value is -3.60. The summed E-state index contributed by atoms with van der Waals surface area (Å²) in [5, 5.41) is 11.1. The average Bonchev–Trinajstić information content (AvgIpc) is 2.75. The molecule has 0 aliphatic rings. The monoisotopic (exact) mass is 507 g/mol. The van der Waals surface area contributed by atoms with Crippen molar-refractivity contribution in [3.63, 3.8) is 0 Å². The van der Waals surface area contributed by atoms with Crippen molar-refractivity contribution in [2.75, 3.05) is 6.61 Å². The summed E-state index contributed by atoms with van der Waals surface area (Å²) in [5.74, 6) is -3.20. The van der Waals surface area contributed by atoms with Gasteiger partial charge in [0.2, 0.25) is 0 Å².